The van der Waals surface area contributed by atoms with Gasteiger partial charge in [-0.15, -0.1) is 0 Å². The topological polar surface area (TPSA) is 152 Å². The van der Waals surface area contributed by atoms with Crippen LogP contribution in [0.3, 0.4) is 0 Å². The highest BCUT2D eigenvalue weighted by molar-refractivity contribution is 5.70. The highest BCUT2D eigenvalue weighted by atomic mass is 16.7. The van der Waals surface area contributed by atoms with E-state index < -0.39 is 55.4 Å². The Morgan fingerprint density at radius 3 is 1.61 bits per heavy atom. The van der Waals surface area contributed by atoms with Crippen LogP contribution < -0.4 is 0 Å². The largest absolute Gasteiger partial charge is 0.462 e. The molecular weight excluding hydrogens is 773 g/mol. The lowest BCUT2D eigenvalue weighted by Crippen LogP contribution is -2.59. The number of hydrogen-bond donors (Lipinski definition) is 4. The molecule has 0 aromatic heterocycles. The van der Waals surface area contributed by atoms with Crippen molar-refractivity contribution in [3.05, 3.63) is 72.9 Å². The van der Waals surface area contributed by atoms with Crippen molar-refractivity contribution in [1.82, 2.24) is 0 Å². The molecule has 0 saturated carbocycles. The Hall–Kier alpha value is -2.86. The summed E-state index contributed by atoms with van der Waals surface area (Å²) in [7, 11) is 0. The molecule has 10 nitrogen and oxygen atoms in total. The van der Waals surface area contributed by atoms with Gasteiger partial charge in [-0.2, -0.15) is 0 Å². The number of carbonyl (C=O) groups excluding carboxylic acids is 2. The number of ether oxygens (including phenoxy) is 4. The van der Waals surface area contributed by atoms with Crippen LogP contribution in [0, 0.1) is 0 Å². The Kier molecular flexibility index (Phi) is 37.9. The molecule has 0 aromatic rings. The maximum absolute atomic E-state index is 12.7. The molecule has 1 saturated heterocycles. The van der Waals surface area contributed by atoms with Crippen LogP contribution in [0.5, 0.6) is 0 Å². The third-order valence-electron chi connectivity index (χ3n) is 10.7. The average molecular weight is 859 g/mol. The van der Waals surface area contributed by atoms with Crippen molar-refractivity contribution in [2.45, 2.75) is 218 Å². The van der Waals surface area contributed by atoms with E-state index in [4.69, 9.17) is 18.9 Å². The van der Waals surface area contributed by atoms with Gasteiger partial charge in [-0.05, 0) is 64.2 Å². The van der Waals surface area contributed by atoms with Crippen LogP contribution in [0.1, 0.15) is 181 Å². The summed E-state index contributed by atoms with van der Waals surface area (Å²) in [5.41, 5.74) is 0. The summed E-state index contributed by atoms with van der Waals surface area (Å²) in [6, 6.07) is 0. The minimum Gasteiger partial charge on any atom is -0.462 e. The number of allylic oxidation sites excluding steroid dienone is 12. The van der Waals surface area contributed by atoms with Crippen LogP contribution in [0.2, 0.25) is 0 Å². The molecule has 0 spiro atoms. The van der Waals surface area contributed by atoms with Crippen LogP contribution in [0.15, 0.2) is 72.9 Å². The summed E-state index contributed by atoms with van der Waals surface area (Å²) in [6.45, 7) is 3.23. The van der Waals surface area contributed by atoms with Crippen LogP contribution >= 0.6 is 0 Å². The fourth-order valence-electron chi connectivity index (χ4n) is 6.88. The number of unbranched alkanes of at least 4 members (excludes halogenated alkanes) is 19. The van der Waals surface area contributed by atoms with E-state index in [9.17, 15) is 30.0 Å². The molecule has 350 valence electrons. The number of rotatable bonds is 39. The van der Waals surface area contributed by atoms with E-state index in [2.05, 4.69) is 50.3 Å². The summed E-state index contributed by atoms with van der Waals surface area (Å²) in [6.07, 6.45) is 44.9. The van der Waals surface area contributed by atoms with Gasteiger partial charge in [0.15, 0.2) is 12.4 Å². The maximum Gasteiger partial charge on any atom is 0.306 e. The first-order chi connectivity index (χ1) is 29.8. The van der Waals surface area contributed by atoms with Crippen molar-refractivity contribution in [2.24, 2.45) is 0 Å². The SMILES string of the molecule is CC/C=C/C=C/C=C/C=C/CCCCCC(=O)OC(COC(=O)CCCCCCCCC/C=C/C/C=C/CCCCCCCCCCC)CO[C@H]1O[C@@H](CO)[C@@H](O)C(O)C1O. The minimum atomic E-state index is -1.61. The van der Waals surface area contributed by atoms with Crippen molar-refractivity contribution in [2.75, 3.05) is 19.8 Å². The molecule has 10 heteroatoms. The van der Waals surface area contributed by atoms with E-state index in [0.29, 0.717) is 12.8 Å². The molecule has 1 heterocycles. The summed E-state index contributed by atoms with van der Waals surface area (Å²) in [5, 5.41) is 40.1. The second kappa shape index (κ2) is 41.2. The van der Waals surface area contributed by atoms with Gasteiger partial charge in [-0.3, -0.25) is 9.59 Å². The fraction of sp³-hybridized carbons (Fsp3) is 0.725. The van der Waals surface area contributed by atoms with Gasteiger partial charge in [0.1, 0.15) is 31.0 Å². The first-order valence-electron chi connectivity index (χ1n) is 24.1. The Bertz CT molecular complexity index is 1220. The van der Waals surface area contributed by atoms with Gasteiger partial charge in [-0.25, -0.2) is 0 Å². The second-order valence-corrected chi connectivity index (χ2v) is 16.3. The molecule has 0 amide bonds. The van der Waals surface area contributed by atoms with Crippen molar-refractivity contribution < 1.29 is 49.0 Å². The van der Waals surface area contributed by atoms with Crippen LogP contribution in [-0.2, 0) is 28.5 Å². The highest BCUT2D eigenvalue weighted by Gasteiger charge is 2.44. The lowest BCUT2D eigenvalue weighted by atomic mass is 9.99. The zero-order valence-corrected chi connectivity index (χ0v) is 38.1. The Morgan fingerprint density at radius 1 is 0.541 bits per heavy atom. The van der Waals surface area contributed by atoms with Crippen molar-refractivity contribution >= 4 is 11.9 Å². The molecule has 61 heavy (non-hydrogen) atoms. The summed E-state index contributed by atoms with van der Waals surface area (Å²) in [5.74, 6) is -0.866. The lowest BCUT2D eigenvalue weighted by Gasteiger charge is -2.39. The van der Waals surface area contributed by atoms with Gasteiger partial charge in [-0.1, -0.05) is 177 Å². The first kappa shape index (κ1) is 56.2. The molecule has 1 rings (SSSR count). The summed E-state index contributed by atoms with van der Waals surface area (Å²) in [4.78, 5) is 25.3. The molecule has 3 unspecified atom stereocenters. The molecular formula is C51H86O10. The average Bonchev–Trinajstić information content (AvgIpc) is 3.26. The van der Waals surface area contributed by atoms with Gasteiger partial charge in [0.05, 0.1) is 13.2 Å². The molecule has 1 aliphatic heterocycles. The van der Waals surface area contributed by atoms with E-state index in [-0.39, 0.29) is 26.1 Å². The van der Waals surface area contributed by atoms with E-state index in [1.807, 2.05) is 36.5 Å². The third kappa shape index (κ3) is 32.5. The van der Waals surface area contributed by atoms with Gasteiger partial charge < -0.3 is 39.4 Å². The van der Waals surface area contributed by atoms with Gasteiger partial charge >= 0.3 is 11.9 Å². The van der Waals surface area contributed by atoms with Gasteiger partial charge in [0.2, 0.25) is 0 Å². The quantitative estimate of drug-likeness (QED) is 0.0203. The zero-order chi connectivity index (χ0) is 44.4. The molecule has 1 fully saturated rings. The van der Waals surface area contributed by atoms with Crippen LogP contribution in [0.4, 0.5) is 0 Å². The van der Waals surface area contributed by atoms with E-state index in [1.165, 1.54) is 83.5 Å². The molecule has 4 N–H and O–H groups in total. The number of esters is 2. The van der Waals surface area contributed by atoms with Crippen molar-refractivity contribution in [3.8, 4) is 0 Å². The van der Waals surface area contributed by atoms with Crippen molar-refractivity contribution in [1.29, 1.82) is 0 Å². The number of aliphatic hydroxyl groups is 4. The normalized spacial score (nSPS) is 20.4. The lowest BCUT2D eigenvalue weighted by molar-refractivity contribution is -0.305. The Labute approximate surface area is 370 Å². The van der Waals surface area contributed by atoms with Crippen molar-refractivity contribution in [3.63, 3.8) is 0 Å². The fourth-order valence-corrected chi connectivity index (χ4v) is 6.88. The summed E-state index contributed by atoms with van der Waals surface area (Å²) >= 11 is 0. The first-order valence-corrected chi connectivity index (χ1v) is 24.1. The third-order valence-corrected chi connectivity index (χ3v) is 10.7. The molecule has 0 aliphatic carbocycles. The van der Waals surface area contributed by atoms with Crippen LogP contribution in [-0.4, -0.2) is 89.0 Å². The summed E-state index contributed by atoms with van der Waals surface area (Å²) < 4.78 is 22.1. The minimum absolute atomic E-state index is 0.179. The molecule has 1 aliphatic rings. The molecule has 0 radical (unpaired) electrons. The Balaban J connectivity index is 2.28. The molecule has 0 aromatic carbocycles. The second-order valence-electron chi connectivity index (χ2n) is 16.3. The van der Waals surface area contributed by atoms with E-state index in [0.717, 1.165) is 57.8 Å². The number of carbonyl (C=O) groups is 2. The Morgan fingerprint density at radius 2 is 1.03 bits per heavy atom. The number of hydrogen-bond acceptors (Lipinski definition) is 10. The predicted octanol–water partition coefficient (Wildman–Crippen LogP) is 10.8. The highest BCUT2D eigenvalue weighted by Crippen LogP contribution is 2.22. The standard InChI is InChI=1S/C51H86O10/c1-3-5-7-9-11-13-15-17-18-19-20-21-22-23-24-25-26-28-29-31-33-35-37-39-46(53)58-42-44(43-59-51-50(57)49(56)48(55)45(41-52)61-51)60-47(54)40-38-36-34-32-30-27-16-14-12-10-8-6-4-2/h6,8,10,12,14,16,20-21,23-24,27,30,44-45,48-52,55-57H,3-5,7,9,11,13,15,17-19,22,25-26,28-29,31-43H2,1-2H3/b8-6+,12-10+,16-14+,21-20+,24-23+,30-27+/t44?,45-,48+,49?,50?,51-/m0/s1. The smallest absolute Gasteiger partial charge is 0.306 e. The maximum atomic E-state index is 12.7. The van der Waals surface area contributed by atoms with Gasteiger partial charge in [0.25, 0.3) is 0 Å². The molecule has 0 bridgehead atoms. The van der Waals surface area contributed by atoms with Gasteiger partial charge in [0, 0.05) is 12.8 Å². The van der Waals surface area contributed by atoms with E-state index in [1.54, 1.807) is 0 Å². The zero-order valence-electron chi connectivity index (χ0n) is 38.1. The monoisotopic (exact) mass is 859 g/mol. The van der Waals surface area contributed by atoms with Crippen LogP contribution in [0.25, 0.3) is 0 Å². The van der Waals surface area contributed by atoms with E-state index >= 15 is 0 Å². The number of aliphatic hydroxyl groups excluding tert-OH is 4. The molecule has 6 atom stereocenters. The predicted molar refractivity (Wildman–Crippen MR) is 247 cm³/mol.